The van der Waals surface area contributed by atoms with Crippen LogP contribution in [0.25, 0.3) is 22.2 Å². The first-order chi connectivity index (χ1) is 10.1. The second-order valence-corrected chi connectivity index (χ2v) is 5.08. The van der Waals surface area contributed by atoms with Gasteiger partial charge in [0.2, 0.25) is 0 Å². The van der Waals surface area contributed by atoms with Gasteiger partial charge in [-0.05, 0) is 36.8 Å². The molecule has 5 heteroatoms. The van der Waals surface area contributed by atoms with Gasteiger partial charge in [-0.15, -0.1) is 0 Å². The van der Waals surface area contributed by atoms with Gasteiger partial charge in [0.25, 0.3) is 0 Å². The van der Waals surface area contributed by atoms with Crippen molar-refractivity contribution in [3.05, 3.63) is 58.9 Å². The first kappa shape index (κ1) is 13.5. The minimum Gasteiger partial charge on any atom is -0.478 e. The maximum atomic E-state index is 11.5. The Morgan fingerprint density at radius 3 is 2.76 bits per heavy atom. The average Bonchev–Trinajstić information content (AvgIpc) is 2.51. The van der Waals surface area contributed by atoms with Crippen LogP contribution in [-0.2, 0) is 0 Å². The quantitative estimate of drug-likeness (QED) is 0.778. The van der Waals surface area contributed by atoms with Crippen molar-refractivity contribution in [1.82, 2.24) is 9.97 Å². The minimum absolute atomic E-state index is 0.207. The van der Waals surface area contributed by atoms with Crippen molar-refractivity contribution in [3.63, 3.8) is 0 Å². The second-order valence-electron chi connectivity index (χ2n) is 4.67. The number of benzene rings is 1. The molecule has 0 fully saturated rings. The zero-order valence-electron chi connectivity index (χ0n) is 11.2. The van der Waals surface area contributed by atoms with E-state index in [0.29, 0.717) is 21.6 Å². The Labute approximate surface area is 126 Å². The number of hydrogen-bond donors (Lipinski definition) is 1. The summed E-state index contributed by atoms with van der Waals surface area (Å²) in [6, 6.07) is 8.57. The summed E-state index contributed by atoms with van der Waals surface area (Å²) in [7, 11) is 0. The van der Waals surface area contributed by atoms with E-state index in [9.17, 15) is 9.90 Å². The number of aryl methyl sites for hydroxylation is 1. The number of carbonyl (C=O) groups is 1. The van der Waals surface area contributed by atoms with Crippen molar-refractivity contribution < 1.29 is 9.90 Å². The van der Waals surface area contributed by atoms with Gasteiger partial charge in [-0.3, -0.25) is 4.98 Å². The van der Waals surface area contributed by atoms with Crippen LogP contribution in [0.3, 0.4) is 0 Å². The molecule has 0 aliphatic rings. The molecular weight excluding hydrogens is 288 g/mol. The van der Waals surface area contributed by atoms with E-state index < -0.39 is 5.97 Å². The van der Waals surface area contributed by atoms with Crippen LogP contribution in [0.1, 0.15) is 15.9 Å². The second kappa shape index (κ2) is 5.14. The van der Waals surface area contributed by atoms with Gasteiger partial charge in [0.1, 0.15) is 0 Å². The molecule has 21 heavy (non-hydrogen) atoms. The molecule has 104 valence electrons. The van der Waals surface area contributed by atoms with E-state index in [0.717, 1.165) is 11.1 Å². The lowest BCUT2D eigenvalue weighted by Gasteiger charge is -2.09. The van der Waals surface area contributed by atoms with Crippen LogP contribution >= 0.6 is 11.6 Å². The zero-order chi connectivity index (χ0) is 15.0. The molecule has 2 aromatic heterocycles. The fraction of sp³-hybridized carbons (Fsp3) is 0.0625. The van der Waals surface area contributed by atoms with Crippen LogP contribution < -0.4 is 0 Å². The normalized spacial score (nSPS) is 10.8. The molecule has 0 aliphatic heterocycles. The molecule has 0 saturated carbocycles. The predicted molar refractivity (Wildman–Crippen MR) is 81.7 cm³/mol. The van der Waals surface area contributed by atoms with Crippen LogP contribution in [0, 0.1) is 6.92 Å². The summed E-state index contributed by atoms with van der Waals surface area (Å²) in [4.78, 5) is 20.1. The number of aromatic carboxylic acids is 1. The van der Waals surface area contributed by atoms with Gasteiger partial charge in [0.05, 0.1) is 16.8 Å². The van der Waals surface area contributed by atoms with E-state index in [2.05, 4.69) is 9.97 Å². The molecule has 3 rings (SSSR count). The highest BCUT2D eigenvalue weighted by molar-refractivity contribution is 6.32. The lowest BCUT2D eigenvalue weighted by Crippen LogP contribution is -2.01. The maximum absolute atomic E-state index is 11.5. The molecule has 0 atom stereocenters. The van der Waals surface area contributed by atoms with Gasteiger partial charge in [-0.2, -0.15) is 0 Å². The number of rotatable bonds is 2. The summed E-state index contributed by atoms with van der Waals surface area (Å²) in [5.74, 6) is -0.991. The summed E-state index contributed by atoms with van der Waals surface area (Å²) in [5, 5.41) is 10.6. The SMILES string of the molecule is Cc1c(Cl)ccc2c(C(=O)O)cc(-c3cccnc3)nc12. The Hall–Kier alpha value is -2.46. The van der Waals surface area contributed by atoms with E-state index in [1.165, 1.54) is 0 Å². The molecule has 0 aliphatic carbocycles. The van der Waals surface area contributed by atoms with E-state index in [1.807, 2.05) is 13.0 Å². The molecule has 1 N–H and O–H groups in total. The Morgan fingerprint density at radius 1 is 1.29 bits per heavy atom. The van der Waals surface area contributed by atoms with E-state index in [4.69, 9.17) is 11.6 Å². The zero-order valence-corrected chi connectivity index (χ0v) is 11.9. The highest BCUT2D eigenvalue weighted by Crippen LogP contribution is 2.29. The molecule has 3 aromatic rings. The Balaban J connectivity index is 2.39. The first-order valence-electron chi connectivity index (χ1n) is 6.31. The molecular formula is C16H11ClN2O2. The molecule has 0 radical (unpaired) electrons. The average molecular weight is 299 g/mol. The fourth-order valence-electron chi connectivity index (χ4n) is 2.24. The van der Waals surface area contributed by atoms with Gasteiger partial charge in [-0.25, -0.2) is 9.78 Å². The monoisotopic (exact) mass is 298 g/mol. The van der Waals surface area contributed by atoms with Crippen LogP contribution in [0.2, 0.25) is 5.02 Å². The number of nitrogens with zero attached hydrogens (tertiary/aromatic N) is 2. The molecule has 0 amide bonds. The summed E-state index contributed by atoms with van der Waals surface area (Å²) in [5.41, 5.74) is 2.90. The third-order valence-corrected chi connectivity index (χ3v) is 3.77. The smallest absolute Gasteiger partial charge is 0.336 e. The summed E-state index contributed by atoms with van der Waals surface area (Å²) >= 11 is 6.12. The number of fused-ring (bicyclic) bond motifs is 1. The third kappa shape index (κ3) is 2.34. The van der Waals surface area contributed by atoms with Crippen molar-refractivity contribution >= 4 is 28.5 Å². The Kier molecular flexibility index (Phi) is 3.31. The molecule has 2 heterocycles. The largest absolute Gasteiger partial charge is 0.478 e. The summed E-state index contributed by atoms with van der Waals surface area (Å²) < 4.78 is 0. The van der Waals surface area contributed by atoms with Crippen LogP contribution in [-0.4, -0.2) is 21.0 Å². The number of pyridine rings is 2. The molecule has 0 bridgehead atoms. The van der Waals surface area contributed by atoms with Crippen LogP contribution in [0.4, 0.5) is 0 Å². The van der Waals surface area contributed by atoms with Gasteiger partial charge >= 0.3 is 5.97 Å². The first-order valence-corrected chi connectivity index (χ1v) is 6.69. The van der Waals surface area contributed by atoms with Crippen molar-refractivity contribution in [2.45, 2.75) is 6.92 Å². The molecule has 0 saturated heterocycles. The highest BCUT2D eigenvalue weighted by atomic mass is 35.5. The highest BCUT2D eigenvalue weighted by Gasteiger charge is 2.15. The number of halogens is 1. The van der Waals surface area contributed by atoms with Crippen molar-refractivity contribution in [1.29, 1.82) is 0 Å². The molecule has 0 spiro atoms. The van der Waals surface area contributed by atoms with E-state index >= 15 is 0 Å². The van der Waals surface area contributed by atoms with Gasteiger partial charge in [0.15, 0.2) is 0 Å². The molecule has 0 unspecified atom stereocenters. The topological polar surface area (TPSA) is 63.1 Å². The Morgan fingerprint density at radius 2 is 2.10 bits per heavy atom. The number of carboxylic acid groups (broad SMARTS) is 1. The standard InChI is InChI=1S/C16H11ClN2O2/c1-9-13(17)5-4-11-12(16(20)21)7-14(19-15(9)11)10-3-2-6-18-8-10/h2-8H,1H3,(H,20,21). The Bertz CT molecular complexity index is 848. The third-order valence-electron chi connectivity index (χ3n) is 3.36. The van der Waals surface area contributed by atoms with Gasteiger partial charge in [0, 0.05) is 28.4 Å². The van der Waals surface area contributed by atoms with E-state index in [-0.39, 0.29) is 5.56 Å². The minimum atomic E-state index is -0.991. The molecule has 4 nitrogen and oxygen atoms in total. The summed E-state index contributed by atoms with van der Waals surface area (Å²) in [6.45, 7) is 1.83. The number of aromatic nitrogens is 2. The van der Waals surface area contributed by atoms with Crippen LogP contribution in [0.5, 0.6) is 0 Å². The van der Waals surface area contributed by atoms with E-state index in [1.54, 1.807) is 36.7 Å². The van der Waals surface area contributed by atoms with Crippen molar-refractivity contribution in [3.8, 4) is 11.3 Å². The molecule has 1 aromatic carbocycles. The lowest BCUT2D eigenvalue weighted by atomic mass is 10.0. The van der Waals surface area contributed by atoms with Gasteiger partial charge in [-0.1, -0.05) is 17.7 Å². The summed E-state index contributed by atoms with van der Waals surface area (Å²) in [6.07, 6.45) is 3.31. The van der Waals surface area contributed by atoms with Gasteiger partial charge < -0.3 is 5.11 Å². The number of hydrogen-bond acceptors (Lipinski definition) is 3. The maximum Gasteiger partial charge on any atom is 0.336 e. The fourth-order valence-corrected chi connectivity index (χ4v) is 2.40. The van der Waals surface area contributed by atoms with Crippen LogP contribution in [0.15, 0.2) is 42.7 Å². The van der Waals surface area contributed by atoms with Crippen molar-refractivity contribution in [2.75, 3.05) is 0 Å². The predicted octanol–water partition coefficient (Wildman–Crippen LogP) is 3.96. The lowest BCUT2D eigenvalue weighted by molar-refractivity contribution is 0.0699. The van der Waals surface area contributed by atoms with Crippen molar-refractivity contribution in [2.24, 2.45) is 0 Å². The number of carboxylic acids is 1.